The number of amides is 2. The molecule has 0 atom stereocenters. The quantitative estimate of drug-likeness (QED) is 0.530. The van der Waals surface area contributed by atoms with E-state index in [1.165, 1.54) is 0 Å². The molecule has 2 amide bonds. The van der Waals surface area contributed by atoms with Gasteiger partial charge in [0.05, 0.1) is 5.56 Å². The van der Waals surface area contributed by atoms with E-state index in [9.17, 15) is 9.59 Å². The number of benzene rings is 3. The summed E-state index contributed by atoms with van der Waals surface area (Å²) >= 11 is 3.35. The van der Waals surface area contributed by atoms with Crippen molar-refractivity contribution in [2.75, 3.05) is 18.5 Å². The zero-order valence-electron chi connectivity index (χ0n) is 15.7. The topological polar surface area (TPSA) is 67.4 Å². The standard InChI is InChI=1S/C23H21BrN2O3/c24-18-10-12-19(13-11-18)26-22(27)16-29-21-9-5-4-8-20(21)23(28)25-15-14-17-6-2-1-3-7-17/h1-13H,14-16H2,(H,25,28)(H,26,27). The summed E-state index contributed by atoms with van der Waals surface area (Å²) < 4.78 is 6.53. The smallest absolute Gasteiger partial charge is 0.262 e. The lowest BCUT2D eigenvalue weighted by Gasteiger charge is -2.12. The van der Waals surface area contributed by atoms with Gasteiger partial charge in [0, 0.05) is 16.7 Å². The van der Waals surface area contributed by atoms with Crippen LogP contribution in [0, 0.1) is 0 Å². The Bertz CT molecular complexity index is 959. The largest absolute Gasteiger partial charge is 0.483 e. The van der Waals surface area contributed by atoms with Crippen molar-refractivity contribution in [3.05, 3.63) is 94.5 Å². The van der Waals surface area contributed by atoms with E-state index in [1.54, 1.807) is 36.4 Å². The third kappa shape index (κ3) is 6.47. The van der Waals surface area contributed by atoms with E-state index >= 15 is 0 Å². The SMILES string of the molecule is O=C(COc1ccccc1C(=O)NCCc1ccccc1)Nc1ccc(Br)cc1. The predicted molar refractivity (Wildman–Crippen MR) is 117 cm³/mol. The summed E-state index contributed by atoms with van der Waals surface area (Å²) in [5, 5.41) is 5.65. The van der Waals surface area contributed by atoms with Gasteiger partial charge >= 0.3 is 0 Å². The zero-order valence-corrected chi connectivity index (χ0v) is 17.3. The van der Waals surface area contributed by atoms with Gasteiger partial charge in [-0.1, -0.05) is 58.4 Å². The Morgan fingerprint density at radius 2 is 1.55 bits per heavy atom. The van der Waals surface area contributed by atoms with Crippen LogP contribution in [0.4, 0.5) is 5.69 Å². The average Bonchev–Trinajstić information content (AvgIpc) is 2.75. The lowest BCUT2D eigenvalue weighted by molar-refractivity contribution is -0.118. The number of hydrogen-bond donors (Lipinski definition) is 2. The van der Waals surface area contributed by atoms with Crippen LogP contribution in [0.25, 0.3) is 0 Å². The van der Waals surface area contributed by atoms with Crippen molar-refractivity contribution >= 4 is 33.4 Å². The monoisotopic (exact) mass is 452 g/mol. The fraction of sp³-hybridized carbons (Fsp3) is 0.130. The van der Waals surface area contributed by atoms with Gasteiger partial charge in [0.15, 0.2) is 6.61 Å². The van der Waals surface area contributed by atoms with Gasteiger partial charge in [-0.15, -0.1) is 0 Å². The Balaban J connectivity index is 1.53. The third-order valence-corrected chi connectivity index (χ3v) is 4.69. The summed E-state index contributed by atoms with van der Waals surface area (Å²) in [6, 6.07) is 24.1. The number of carbonyl (C=O) groups is 2. The highest BCUT2D eigenvalue weighted by molar-refractivity contribution is 9.10. The number of ether oxygens (including phenoxy) is 1. The fourth-order valence-corrected chi connectivity index (χ4v) is 2.98. The first kappa shape index (κ1) is 20.6. The highest BCUT2D eigenvalue weighted by Gasteiger charge is 2.13. The molecule has 3 aromatic carbocycles. The predicted octanol–water partition coefficient (Wildman–Crippen LogP) is 4.44. The molecule has 0 aliphatic carbocycles. The molecule has 29 heavy (non-hydrogen) atoms. The number of hydrogen-bond acceptors (Lipinski definition) is 3. The molecule has 0 heterocycles. The van der Waals surface area contributed by atoms with E-state index in [0.29, 0.717) is 23.5 Å². The first-order valence-corrected chi connectivity index (χ1v) is 10.0. The van der Waals surface area contributed by atoms with Crippen molar-refractivity contribution in [3.63, 3.8) is 0 Å². The van der Waals surface area contributed by atoms with Crippen LogP contribution < -0.4 is 15.4 Å². The van der Waals surface area contributed by atoms with Gasteiger partial charge in [0.2, 0.25) is 0 Å². The van der Waals surface area contributed by atoms with Crippen LogP contribution in [0.15, 0.2) is 83.3 Å². The molecule has 0 bridgehead atoms. The number of halogens is 1. The molecule has 0 unspecified atom stereocenters. The van der Waals surface area contributed by atoms with Crippen molar-refractivity contribution in [2.24, 2.45) is 0 Å². The van der Waals surface area contributed by atoms with E-state index < -0.39 is 0 Å². The molecular formula is C23H21BrN2O3. The Morgan fingerprint density at radius 1 is 0.862 bits per heavy atom. The van der Waals surface area contributed by atoms with E-state index in [0.717, 1.165) is 16.5 Å². The van der Waals surface area contributed by atoms with Crippen LogP contribution >= 0.6 is 15.9 Å². The van der Waals surface area contributed by atoms with Crippen molar-refractivity contribution < 1.29 is 14.3 Å². The summed E-state index contributed by atoms with van der Waals surface area (Å²) in [5.74, 6) is -0.160. The van der Waals surface area contributed by atoms with Gasteiger partial charge in [-0.25, -0.2) is 0 Å². The van der Waals surface area contributed by atoms with Gasteiger partial charge in [-0.05, 0) is 48.4 Å². The van der Waals surface area contributed by atoms with Crippen molar-refractivity contribution in [2.45, 2.75) is 6.42 Å². The molecule has 0 aliphatic heterocycles. The summed E-state index contributed by atoms with van der Waals surface area (Å²) in [7, 11) is 0. The minimum Gasteiger partial charge on any atom is -0.483 e. The number of rotatable bonds is 8. The first-order valence-electron chi connectivity index (χ1n) is 9.21. The number of nitrogens with one attached hydrogen (secondary N) is 2. The molecule has 3 aromatic rings. The van der Waals surface area contributed by atoms with Crippen molar-refractivity contribution in [1.82, 2.24) is 5.32 Å². The van der Waals surface area contributed by atoms with Crippen LogP contribution in [0.1, 0.15) is 15.9 Å². The molecule has 0 spiro atoms. The number of carbonyl (C=O) groups excluding carboxylic acids is 2. The molecule has 0 aromatic heterocycles. The number of para-hydroxylation sites is 1. The lowest BCUT2D eigenvalue weighted by Crippen LogP contribution is -2.27. The van der Waals surface area contributed by atoms with E-state index in [2.05, 4.69) is 26.6 Å². The highest BCUT2D eigenvalue weighted by atomic mass is 79.9. The summed E-state index contributed by atoms with van der Waals surface area (Å²) in [4.78, 5) is 24.7. The van der Waals surface area contributed by atoms with Crippen molar-refractivity contribution in [1.29, 1.82) is 0 Å². The molecule has 148 valence electrons. The molecule has 0 fully saturated rings. The van der Waals surface area contributed by atoms with Gasteiger partial charge in [-0.3, -0.25) is 9.59 Å². The molecule has 6 heteroatoms. The maximum atomic E-state index is 12.5. The Morgan fingerprint density at radius 3 is 2.31 bits per heavy atom. The minimum absolute atomic E-state index is 0.190. The van der Waals surface area contributed by atoms with Gasteiger partial charge in [0.1, 0.15) is 5.75 Å². The highest BCUT2D eigenvalue weighted by Crippen LogP contribution is 2.18. The lowest BCUT2D eigenvalue weighted by atomic mass is 10.1. The maximum absolute atomic E-state index is 12.5. The molecule has 0 saturated carbocycles. The summed E-state index contributed by atoms with van der Waals surface area (Å²) in [5.41, 5.74) is 2.23. The molecular weight excluding hydrogens is 432 g/mol. The van der Waals surface area contributed by atoms with E-state index in [4.69, 9.17) is 4.74 Å². The Kier molecular flexibility index (Phi) is 7.41. The zero-order chi connectivity index (χ0) is 20.5. The van der Waals surface area contributed by atoms with Crippen LogP contribution in [-0.4, -0.2) is 25.0 Å². The van der Waals surface area contributed by atoms with Crippen LogP contribution in [0.2, 0.25) is 0 Å². The van der Waals surface area contributed by atoms with Gasteiger partial charge in [0.25, 0.3) is 11.8 Å². The average molecular weight is 453 g/mol. The molecule has 2 N–H and O–H groups in total. The molecule has 0 radical (unpaired) electrons. The Labute approximate surface area is 178 Å². The van der Waals surface area contributed by atoms with Gasteiger partial charge in [-0.2, -0.15) is 0 Å². The first-order chi connectivity index (χ1) is 14.1. The summed E-state index contributed by atoms with van der Waals surface area (Å²) in [6.07, 6.45) is 0.741. The van der Waals surface area contributed by atoms with Crippen LogP contribution in [-0.2, 0) is 11.2 Å². The third-order valence-electron chi connectivity index (χ3n) is 4.16. The summed E-state index contributed by atoms with van der Waals surface area (Å²) in [6.45, 7) is 0.325. The molecule has 0 saturated heterocycles. The van der Waals surface area contributed by atoms with Gasteiger partial charge < -0.3 is 15.4 Å². The fourth-order valence-electron chi connectivity index (χ4n) is 2.71. The van der Waals surface area contributed by atoms with Crippen molar-refractivity contribution in [3.8, 4) is 5.75 Å². The second-order valence-corrected chi connectivity index (χ2v) is 7.25. The van der Waals surface area contributed by atoms with E-state index in [1.807, 2.05) is 42.5 Å². The van der Waals surface area contributed by atoms with Crippen LogP contribution in [0.5, 0.6) is 5.75 Å². The van der Waals surface area contributed by atoms with E-state index in [-0.39, 0.29) is 18.4 Å². The minimum atomic E-state index is -0.299. The molecule has 5 nitrogen and oxygen atoms in total. The second kappa shape index (κ2) is 10.4. The molecule has 3 rings (SSSR count). The maximum Gasteiger partial charge on any atom is 0.262 e. The molecule has 0 aliphatic rings. The second-order valence-electron chi connectivity index (χ2n) is 6.33. The Hall–Kier alpha value is -3.12. The van der Waals surface area contributed by atoms with Crippen LogP contribution in [0.3, 0.4) is 0 Å². The normalized spacial score (nSPS) is 10.2. The number of anilines is 1.